The van der Waals surface area contributed by atoms with E-state index in [1.165, 1.54) is 0 Å². The summed E-state index contributed by atoms with van der Waals surface area (Å²) in [5.41, 5.74) is 1.90. The zero-order valence-corrected chi connectivity index (χ0v) is 11.1. The van der Waals surface area contributed by atoms with Crippen molar-refractivity contribution in [1.82, 2.24) is 14.9 Å². The monoisotopic (exact) mass is 263 g/mol. The Kier molecular flexibility index (Phi) is 3.77. The molecule has 94 valence electrons. The lowest BCUT2D eigenvalue weighted by Crippen LogP contribution is -2.36. The Bertz CT molecular complexity index is 568. The van der Waals surface area contributed by atoms with Gasteiger partial charge in [-0.2, -0.15) is 0 Å². The smallest absolute Gasteiger partial charge is 0.256 e. The van der Waals surface area contributed by atoms with Crippen LogP contribution in [0, 0.1) is 0 Å². The molecule has 1 aromatic heterocycles. The van der Waals surface area contributed by atoms with Crippen molar-refractivity contribution in [2.45, 2.75) is 13.0 Å². The molecule has 4 nitrogen and oxygen atoms in total. The van der Waals surface area contributed by atoms with Crippen LogP contribution in [0.4, 0.5) is 0 Å². The molecule has 5 heteroatoms. The van der Waals surface area contributed by atoms with Gasteiger partial charge in [-0.25, -0.2) is 0 Å². The molecular weight excluding hydrogens is 250 g/mol. The zero-order chi connectivity index (χ0) is 13.1. The van der Waals surface area contributed by atoms with E-state index in [1.54, 1.807) is 30.4 Å². The Morgan fingerprint density at radius 2 is 2.11 bits per heavy atom. The maximum absolute atomic E-state index is 12.4. The second-order valence-corrected chi connectivity index (χ2v) is 4.46. The normalized spacial score (nSPS) is 12.4. The fraction of sp³-hybridized carbons (Fsp3) is 0.308. The van der Waals surface area contributed by atoms with E-state index in [-0.39, 0.29) is 11.9 Å². The summed E-state index contributed by atoms with van der Waals surface area (Å²) in [6, 6.07) is 5.38. The number of hydrogen-bond donors (Lipinski definition) is 0. The van der Waals surface area contributed by atoms with E-state index in [9.17, 15) is 4.79 Å². The van der Waals surface area contributed by atoms with Crippen molar-refractivity contribution in [3.8, 4) is 0 Å². The molecule has 1 heterocycles. The second-order valence-electron chi connectivity index (χ2n) is 4.15. The molecule has 18 heavy (non-hydrogen) atoms. The molecule has 1 unspecified atom stereocenters. The summed E-state index contributed by atoms with van der Waals surface area (Å²) in [6.07, 6.45) is 3.20. The van der Waals surface area contributed by atoms with Crippen molar-refractivity contribution < 1.29 is 4.79 Å². The number of benzene rings is 1. The third-order valence-corrected chi connectivity index (χ3v) is 3.38. The van der Waals surface area contributed by atoms with Crippen LogP contribution in [0.25, 0.3) is 11.0 Å². The number of aromatic nitrogens is 2. The molecule has 0 N–H and O–H groups in total. The fourth-order valence-corrected chi connectivity index (χ4v) is 1.87. The first kappa shape index (κ1) is 12.8. The van der Waals surface area contributed by atoms with Gasteiger partial charge in [0, 0.05) is 31.4 Å². The molecule has 0 aliphatic carbocycles. The quantitative estimate of drug-likeness (QED) is 0.799. The highest BCUT2D eigenvalue weighted by molar-refractivity contribution is 6.18. The van der Waals surface area contributed by atoms with Crippen LogP contribution >= 0.6 is 11.6 Å². The van der Waals surface area contributed by atoms with Gasteiger partial charge in [0.1, 0.15) is 5.52 Å². The average Bonchev–Trinajstić information content (AvgIpc) is 2.44. The first-order chi connectivity index (χ1) is 8.65. The van der Waals surface area contributed by atoms with Gasteiger partial charge in [0.25, 0.3) is 5.91 Å². The summed E-state index contributed by atoms with van der Waals surface area (Å²) < 4.78 is 0. The van der Waals surface area contributed by atoms with Gasteiger partial charge in [-0.15, -0.1) is 11.6 Å². The lowest BCUT2D eigenvalue weighted by molar-refractivity contribution is 0.0758. The number of carbonyl (C=O) groups is 1. The molecule has 0 spiro atoms. The predicted octanol–water partition coefficient (Wildman–Crippen LogP) is 2.33. The lowest BCUT2D eigenvalue weighted by atomic mass is 10.1. The molecule has 2 rings (SSSR count). The Morgan fingerprint density at radius 1 is 1.39 bits per heavy atom. The summed E-state index contributed by atoms with van der Waals surface area (Å²) >= 11 is 5.77. The predicted molar refractivity (Wildman–Crippen MR) is 71.8 cm³/mol. The van der Waals surface area contributed by atoms with Crippen LogP contribution in [0.2, 0.25) is 0 Å². The average molecular weight is 264 g/mol. The second kappa shape index (κ2) is 5.31. The third kappa shape index (κ3) is 2.29. The van der Waals surface area contributed by atoms with E-state index in [0.717, 1.165) is 5.52 Å². The molecule has 0 aliphatic heterocycles. The van der Waals surface area contributed by atoms with Gasteiger partial charge in [0.15, 0.2) is 0 Å². The molecule has 1 atom stereocenters. The van der Waals surface area contributed by atoms with E-state index < -0.39 is 0 Å². The molecule has 2 aromatic rings. The number of halogens is 1. The Labute approximate surface area is 111 Å². The molecule has 0 saturated carbocycles. The summed E-state index contributed by atoms with van der Waals surface area (Å²) in [4.78, 5) is 22.4. The molecule has 0 saturated heterocycles. The number of nitrogens with zero attached hydrogens (tertiary/aromatic N) is 3. The summed E-state index contributed by atoms with van der Waals surface area (Å²) in [5.74, 6) is 0.313. The van der Waals surface area contributed by atoms with Crippen LogP contribution in [0.3, 0.4) is 0 Å². The van der Waals surface area contributed by atoms with Gasteiger partial charge in [-0.05, 0) is 19.1 Å². The van der Waals surface area contributed by atoms with Crippen molar-refractivity contribution in [2.75, 3.05) is 12.9 Å². The number of fused-ring (bicyclic) bond motifs is 1. The minimum Gasteiger partial charge on any atom is -0.338 e. The van der Waals surface area contributed by atoms with Crippen LogP contribution in [-0.2, 0) is 0 Å². The minimum absolute atomic E-state index is 0.0221. The van der Waals surface area contributed by atoms with Gasteiger partial charge in [0.05, 0.1) is 11.1 Å². The van der Waals surface area contributed by atoms with E-state index in [1.807, 2.05) is 19.1 Å². The van der Waals surface area contributed by atoms with Gasteiger partial charge in [-0.3, -0.25) is 14.8 Å². The Hall–Kier alpha value is -1.68. The summed E-state index contributed by atoms with van der Waals surface area (Å²) in [6.45, 7) is 1.90. The number of rotatable bonds is 3. The topological polar surface area (TPSA) is 46.1 Å². The highest BCUT2D eigenvalue weighted by atomic mass is 35.5. The number of carbonyl (C=O) groups excluding carboxylic acids is 1. The fourth-order valence-electron chi connectivity index (χ4n) is 1.66. The van der Waals surface area contributed by atoms with Crippen molar-refractivity contribution in [1.29, 1.82) is 0 Å². The Morgan fingerprint density at radius 3 is 2.83 bits per heavy atom. The van der Waals surface area contributed by atoms with E-state index in [4.69, 9.17) is 11.6 Å². The van der Waals surface area contributed by atoms with Gasteiger partial charge in [-0.1, -0.05) is 6.07 Å². The molecule has 1 aromatic carbocycles. The summed E-state index contributed by atoms with van der Waals surface area (Å²) in [5, 5.41) is 0. The molecule has 1 amide bonds. The molecule has 0 aliphatic rings. The third-order valence-electron chi connectivity index (χ3n) is 2.93. The van der Waals surface area contributed by atoms with Crippen molar-refractivity contribution in [3.05, 3.63) is 36.2 Å². The van der Waals surface area contributed by atoms with E-state index in [0.29, 0.717) is 17.0 Å². The van der Waals surface area contributed by atoms with Crippen LogP contribution < -0.4 is 0 Å². The number of para-hydroxylation sites is 1. The SMILES string of the molecule is CC(CCl)N(C)C(=O)c1cccc2nccnc12. The van der Waals surface area contributed by atoms with Gasteiger partial charge >= 0.3 is 0 Å². The van der Waals surface area contributed by atoms with Gasteiger partial charge < -0.3 is 4.90 Å². The zero-order valence-electron chi connectivity index (χ0n) is 10.3. The molecular formula is C13H14ClN3O. The maximum Gasteiger partial charge on any atom is 0.256 e. The lowest BCUT2D eigenvalue weighted by Gasteiger charge is -2.23. The van der Waals surface area contributed by atoms with Crippen LogP contribution in [0.1, 0.15) is 17.3 Å². The first-order valence-electron chi connectivity index (χ1n) is 5.68. The van der Waals surface area contributed by atoms with Gasteiger partial charge in [0.2, 0.25) is 0 Å². The highest BCUT2D eigenvalue weighted by Gasteiger charge is 2.19. The van der Waals surface area contributed by atoms with E-state index >= 15 is 0 Å². The summed E-state index contributed by atoms with van der Waals surface area (Å²) in [7, 11) is 1.74. The first-order valence-corrected chi connectivity index (χ1v) is 6.21. The molecule has 0 bridgehead atoms. The van der Waals surface area contributed by atoms with Crippen LogP contribution in [0.15, 0.2) is 30.6 Å². The molecule has 0 radical (unpaired) electrons. The van der Waals surface area contributed by atoms with Crippen molar-refractivity contribution >= 4 is 28.5 Å². The molecule has 0 fully saturated rings. The number of alkyl halides is 1. The van der Waals surface area contributed by atoms with Crippen LogP contribution in [-0.4, -0.2) is 39.7 Å². The van der Waals surface area contributed by atoms with Crippen molar-refractivity contribution in [2.24, 2.45) is 0 Å². The van der Waals surface area contributed by atoms with E-state index in [2.05, 4.69) is 9.97 Å². The number of hydrogen-bond acceptors (Lipinski definition) is 3. The largest absolute Gasteiger partial charge is 0.338 e. The standard InChI is InChI=1S/C13H14ClN3O/c1-9(8-14)17(2)13(18)10-4-3-5-11-12(10)16-7-6-15-11/h3-7,9H,8H2,1-2H3. The van der Waals surface area contributed by atoms with Crippen LogP contribution in [0.5, 0.6) is 0 Å². The maximum atomic E-state index is 12.4. The number of amides is 1. The minimum atomic E-state index is -0.0887. The highest BCUT2D eigenvalue weighted by Crippen LogP contribution is 2.16. The Balaban J connectivity index is 2.45. The van der Waals surface area contributed by atoms with Crippen molar-refractivity contribution in [3.63, 3.8) is 0 Å².